The summed E-state index contributed by atoms with van der Waals surface area (Å²) in [5, 5.41) is 6.71. The van der Waals surface area contributed by atoms with Crippen molar-refractivity contribution in [1.82, 2.24) is 15.0 Å². The molecule has 1 aliphatic rings. The molecule has 6 nitrogen and oxygen atoms in total. The zero-order valence-electron chi connectivity index (χ0n) is 13.9. The Hall–Kier alpha value is -3.15. The fourth-order valence-corrected chi connectivity index (χ4v) is 2.54. The van der Waals surface area contributed by atoms with Crippen LogP contribution in [-0.2, 0) is 0 Å². The maximum absolute atomic E-state index is 5.41. The van der Waals surface area contributed by atoms with Crippen molar-refractivity contribution in [3.63, 3.8) is 0 Å². The topological polar surface area (TPSA) is 72.0 Å². The summed E-state index contributed by atoms with van der Waals surface area (Å²) < 4.78 is 5.41. The molecule has 0 amide bonds. The van der Waals surface area contributed by atoms with Crippen LogP contribution in [0.4, 0.5) is 17.5 Å². The zero-order chi connectivity index (χ0) is 17.1. The fourth-order valence-electron chi connectivity index (χ4n) is 2.54. The predicted octanol–water partition coefficient (Wildman–Crippen LogP) is 3.87. The number of hydrogen-bond donors (Lipinski definition) is 2. The number of aromatic nitrogens is 3. The Labute approximate surface area is 146 Å². The maximum Gasteiger partial charge on any atom is 0.225 e. The standard InChI is InChI=1S/C19H19N5O/c1-25-17-5-3-2-4-15(17)22-18-12-16(13-8-10-20-11-9-13)23-19(24-18)21-14-6-7-14/h2-5,8-12,14H,6-7H2,1H3,(H2,21,22,23,24). The SMILES string of the molecule is COc1ccccc1Nc1cc(-c2ccncc2)nc(NC2CC2)n1. The number of para-hydroxylation sites is 2. The molecular formula is C19H19N5O. The summed E-state index contributed by atoms with van der Waals surface area (Å²) in [7, 11) is 1.66. The number of nitrogens with zero attached hydrogens (tertiary/aromatic N) is 3. The highest BCUT2D eigenvalue weighted by atomic mass is 16.5. The number of nitrogens with one attached hydrogen (secondary N) is 2. The fraction of sp³-hybridized carbons (Fsp3) is 0.211. The van der Waals surface area contributed by atoms with Gasteiger partial charge in [0.25, 0.3) is 0 Å². The van der Waals surface area contributed by atoms with Crippen LogP contribution in [0, 0.1) is 0 Å². The number of hydrogen-bond acceptors (Lipinski definition) is 6. The molecule has 0 aliphatic heterocycles. The number of pyridine rings is 1. The summed E-state index contributed by atoms with van der Waals surface area (Å²) in [4.78, 5) is 13.3. The smallest absolute Gasteiger partial charge is 0.225 e. The van der Waals surface area contributed by atoms with E-state index in [4.69, 9.17) is 4.74 Å². The van der Waals surface area contributed by atoms with E-state index in [1.54, 1.807) is 19.5 Å². The predicted molar refractivity (Wildman–Crippen MR) is 98.2 cm³/mol. The van der Waals surface area contributed by atoms with Crippen molar-refractivity contribution in [2.75, 3.05) is 17.7 Å². The first-order valence-electron chi connectivity index (χ1n) is 8.28. The highest BCUT2D eigenvalue weighted by Crippen LogP contribution is 2.30. The molecule has 0 spiro atoms. The first kappa shape index (κ1) is 15.4. The Morgan fingerprint density at radius 3 is 2.60 bits per heavy atom. The third kappa shape index (κ3) is 3.68. The molecule has 1 aliphatic carbocycles. The van der Waals surface area contributed by atoms with Crippen molar-refractivity contribution in [1.29, 1.82) is 0 Å². The number of rotatable bonds is 6. The molecule has 0 bridgehead atoms. The van der Waals surface area contributed by atoms with Crippen LogP contribution in [0.3, 0.4) is 0 Å². The summed E-state index contributed by atoms with van der Waals surface area (Å²) in [5.74, 6) is 2.12. The van der Waals surface area contributed by atoms with Crippen LogP contribution in [-0.4, -0.2) is 28.1 Å². The van der Waals surface area contributed by atoms with Gasteiger partial charge in [-0.2, -0.15) is 4.98 Å². The van der Waals surface area contributed by atoms with Crippen LogP contribution < -0.4 is 15.4 Å². The van der Waals surface area contributed by atoms with Gasteiger partial charge >= 0.3 is 0 Å². The second-order valence-electron chi connectivity index (χ2n) is 5.94. The molecule has 0 atom stereocenters. The van der Waals surface area contributed by atoms with Gasteiger partial charge in [-0.3, -0.25) is 4.98 Å². The van der Waals surface area contributed by atoms with E-state index in [1.165, 1.54) is 0 Å². The Kier molecular flexibility index (Phi) is 4.16. The molecule has 126 valence electrons. The van der Waals surface area contributed by atoms with Gasteiger partial charge in [-0.1, -0.05) is 12.1 Å². The Morgan fingerprint density at radius 2 is 1.84 bits per heavy atom. The number of methoxy groups -OCH3 is 1. The van der Waals surface area contributed by atoms with Crippen molar-refractivity contribution >= 4 is 17.5 Å². The summed E-state index contributed by atoms with van der Waals surface area (Å²) in [6.07, 6.45) is 5.85. The van der Waals surface area contributed by atoms with Gasteiger partial charge in [-0.05, 0) is 37.1 Å². The minimum absolute atomic E-state index is 0.479. The molecule has 6 heteroatoms. The highest BCUT2D eigenvalue weighted by molar-refractivity contribution is 5.69. The first-order chi connectivity index (χ1) is 12.3. The van der Waals surface area contributed by atoms with Gasteiger partial charge in [0.05, 0.1) is 18.5 Å². The monoisotopic (exact) mass is 333 g/mol. The molecule has 2 heterocycles. The summed E-state index contributed by atoms with van der Waals surface area (Å²) in [6, 6.07) is 14.1. The lowest BCUT2D eigenvalue weighted by Crippen LogP contribution is -2.08. The van der Waals surface area contributed by atoms with Crippen LogP contribution in [0.15, 0.2) is 54.9 Å². The third-order valence-electron chi connectivity index (χ3n) is 3.98. The maximum atomic E-state index is 5.41. The molecule has 0 unspecified atom stereocenters. The molecule has 3 aromatic rings. The summed E-state index contributed by atoms with van der Waals surface area (Å²) in [5.41, 5.74) is 2.71. The summed E-state index contributed by atoms with van der Waals surface area (Å²) in [6.45, 7) is 0. The minimum Gasteiger partial charge on any atom is -0.495 e. The van der Waals surface area contributed by atoms with Gasteiger partial charge in [-0.15, -0.1) is 0 Å². The van der Waals surface area contributed by atoms with Gasteiger partial charge in [0.1, 0.15) is 11.6 Å². The van der Waals surface area contributed by atoms with Crippen LogP contribution in [0.25, 0.3) is 11.3 Å². The Bertz CT molecular complexity index is 865. The lowest BCUT2D eigenvalue weighted by atomic mass is 10.2. The van der Waals surface area contributed by atoms with Crippen LogP contribution in [0.1, 0.15) is 12.8 Å². The molecule has 0 radical (unpaired) electrons. The number of anilines is 3. The zero-order valence-corrected chi connectivity index (χ0v) is 13.9. The van der Waals surface area contributed by atoms with Crippen molar-refractivity contribution in [3.8, 4) is 17.0 Å². The average Bonchev–Trinajstić information content (AvgIpc) is 3.47. The normalized spacial score (nSPS) is 13.3. The van der Waals surface area contributed by atoms with E-state index in [9.17, 15) is 0 Å². The highest BCUT2D eigenvalue weighted by Gasteiger charge is 2.22. The first-order valence-corrected chi connectivity index (χ1v) is 8.28. The molecule has 4 rings (SSSR count). The van der Waals surface area contributed by atoms with Crippen LogP contribution in [0.5, 0.6) is 5.75 Å². The molecule has 0 saturated heterocycles. The second kappa shape index (κ2) is 6.76. The van der Waals surface area contributed by atoms with Gasteiger partial charge in [-0.25, -0.2) is 4.98 Å². The van der Waals surface area contributed by atoms with Crippen LogP contribution >= 0.6 is 0 Å². The van der Waals surface area contributed by atoms with E-state index in [2.05, 4.69) is 25.6 Å². The second-order valence-corrected chi connectivity index (χ2v) is 5.94. The largest absolute Gasteiger partial charge is 0.495 e. The van der Waals surface area contributed by atoms with Gasteiger partial charge in [0, 0.05) is 30.1 Å². The molecule has 1 aromatic carbocycles. The van der Waals surface area contributed by atoms with Crippen molar-refractivity contribution in [3.05, 3.63) is 54.9 Å². The van der Waals surface area contributed by atoms with E-state index in [0.29, 0.717) is 12.0 Å². The van der Waals surface area contributed by atoms with E-state index in [-0.39, 0.29) is 0 Å². The quantitative estimate of drug-likeness (QED) is 0.713. The summed E-state index contributed by atoms with van der Waals surface area (Å²) >= 11 is 0. The van der Waals surface area contributed by atoms with E-state index in [1.807, 2.05) is 42.5 Å². The molecule has 2 aromatic heterocycles. The van der Waals surface area contributed by atoms with Crippen molar-refractivity contribution in [2.45, 2.75) is 18.9 Å². The van der Waals surface area contributed by atoms with Gasteiger partial charge < -0.3 is 15.4 Å². The minimum atomic E-state index is 0.479. The average molecular weight is 333 g/mol. The van der Waals surface area contributed by atoms with Crippen molar-refractivity contribution in [2.24, 2.45) is 0 Å². The molecule has 25 heavy (non-hydrogen) atoms. The van der Waals surface area contributed by atoms with Gasteiger partial charge in [0.15, 0.2) is 0 Å². The van der Waals surface area contributed by atoms with Crippen molar-refractivity contribution < 1.29 is 4.74 Å². The lowest BCUT2D eigenvalue weighted by molar-refractivity contribution is 0.417. The molecule has 2 N–H and O–H groups in total. The van der Waals surface area contributed by atoms with E-state index in [0.717, 1.165) is 41.4 Å². The van der Waals surface area contributed by atoms with E-state index < -0.39 is 0 Å². The van der Waals surface area contributed by atoms with Gasteiger partial charge in [0.2, 0.25) is 5.95 Å². The van der Waals surface area contributed by atoms with E-state index >= 15 is 0 Å². The number of ether oxygens (including phenoxy) is 1. The Morgan fingerprint density at radius 1 is 1.04 bits per heavy atom. The number of benzene rings is 1. The molecule has 1 fully saturated rings. The molecular weight excluding hydrogens is 314 g/mol. The molecule has 1 saturated carbocycles. The lowest BCUT2D eigenvalue weighted by Gasteiger charge is -2.13. The van der Waals surface area contributed by atoms with Crippen LogP contribution in [0.2, 0.25) is 0 Å². The third-order valence-corrected chi connectivity index (χ3v) is 3.98. The Balaban J connectivity index is 1.70.